The maximum Gasteiger partial charge on any atom is 0.0701 e. The Hall–Kier alpha value is -0.620. The minimum Gasteiger partial charge on any atom is -0.375 e. The van der Waals surface area contributed by atoms with Crippen LogP contribution in [0.15, 0.2) is 18.3 Å². The molecule has 3 N–H and O–H groups in total. The van der Waals surface area contributed by atoms with Gasteiger partial charge in [0.05, 0.1) is 17.3 Å². The molecule has 0 aromatic carbocycles. The molecule has 2 unspecified atom stereocenters. The monoisotopic (exact) mass is 307 g/mol. The first-order valence-electron chi connectivity index (χ1n) is 7.83. The lowest BCUT2D eigenvalue weighted by atomic mass is 9.77. The molecule has 3 heterocycles. The van der Waals surface area contributed by atoms with Gasteiger partial charge < -0.3 is 4.74 Å². The summed E-state index contributed by atoms with van der Waals surface area (Å²) in [5.74, 6) is 8.82. The molecule has 0 radical (unpaired) electrons. The largest absolute Gasteiger partial charge is 0.375 e. The summed E-state index contributed by atoms with van der Waals surface area (Å²) in [5, 5.41) is 0. The predicted octanol–water partition coefficient (Wildman–Crippen LogP) is 2.59. The smallest absolute Gasteiger partial charge is 0.0701 e. The quantitative estimate of drug-likeness (QED) is 0.664. The van der Waals surface area contributed by atoms with Crippen molar-refractivity contribution in [1.82, 2.24) is 10.4 Å². The predicted molar refractivity (Wildman–Crippen MR) is 87.0 cm³/mol. The number of rotatable bonds is 3. The average molecular weight is 307 g/mol. The highest BCUT2D eigenvalue weighted by Gasteiger charge is 2.41. The second-order valence-electron chi connectivity index (χ2n) is 6.25. The number of ether oxygens (including phenoxy) is 1. The minimum absolute atomic E-state index is 0.0892. The number of hydrogen-bond acceptors (Lipinski definition) is 5. The molecule has 2 aliphatic rings. The van der Waals surface area contributed by atoms with E-state index in [1.54, 1.807) is 0 Å². The second kappa shape index (κ2) is 6.65. The van der Waals surface area contributed by atoms with E-state index in [1.807, 2.05) is 24.0 Å². The first kappa shape index (κ1) is 15.3. The molecule has 0 aliphatic carbocycles. The van der Waals surface area contributed by atoms with Gasteiger partial charge in [0.1, 0.15) is 0 Å². The van der Waals surface area contributed by atoms with Crippen LogP contribution < -0.4 is 11.3 Å². The van der Waals surface area contributed by atoms with E-state index < -0.39 is 0 Å². The molecule has 2 saturated heterocycles. The summed E-state index contributed by atoms with van der Waals surface area (Å²) in [5.41, 5.74) is 5.42. The van der Waals surface area contributed by atoms with E-state index in [-0.39, 0.29) is 11.6 Å². The number of nitrogens with zero attached hydrogens (tertiary/aromatic N) is 1. The molecule has 0 amide bonds. The van der Waals surface area contributed by atoms with Gasteiger partial charge >= 0.3 is 0 Å². The van der Waals surface area contributed by atoms with Crippen LogP contribution in [0.1, 0.15) is 43.0 Å². The number of pyridine rings is 1. The average Bonchev–Trinajstić information content (AvgIpc) is 2.51. The van der Waals surface area contributed by atoms with Gasteiger partial charge in [-0.25, -0.2) is 0 Å². The Bertz CT molecular complexity index is 471. The summed E-state index contributed by atoms with van der Waals surface area (Å²) in [7, 11) is 0. The van der Waals surface area contributed by atoms with Gasteiger partial charge in [0.2, 0.25) is 0 Å². The van der Waals surface area contributed by atoms with Crippen LogP contribution in [0, 0.1) is 12.8 Å². The SMILES string of the molecule is Cc1cccnc1C(NN)C1CCOC2(CCSCC2)C1. The fourth-order valence-electron chi connectivity index (χ4n) is 3.70. The molecular weight excluding hydrogens is 282 g/mol. The van der Waals surface area contributed by atoms with Crippen molar-refractivity contribution in [2.24, 2.45) is 11.8 Å². The Labute approximate surface area is 131 Å². The van der Waals surface area contributed by atoms with Gasteiger partial charge in [-0.1, -0.05) is 6.07 Å². The minimum atomic E-state index is 0.0892. The van der Waals surface area contributed by atoms with Gasteiger partial charge in [-0.15, -0.1) is 0 Å². The number of nitrogens with one attached hydrogen (secondary N) is 1. The molecule has 0 bridgehead atoms. The maximum atomic E-state index is 6.20. The van der Waals surface area contributed by atoms with Crippen molar-refractivity contribution in [3.8, 4) is 0 Å². The highest BCUT2D eigenvalue weighted by Crippen LogP contribution is 2.43. The maximum absolute atomic E-state index is 6.20. The molecular formula is C16H25N3OS. The van der Waals surface area contributed by atoms with E-state index in [0.717, 1.165) is 25.1 Å². The lowest BCUT2D eigenvalue weighted by Crippen LogP contribution is -2.47. The van der Waals surface area contributed by atoms with Crippen LogP contribution in [0.3, 0.4) is 0 Å². The van der Waals surface area contributed by atoms with E-state index in [9.17, 15) is 0 Å². The zero-order chi connectivity index (χ0) is 14.7. The van der Waals surface area contributed by atoms with Gasteiger partial charge in [-0.05, 0) is 61.7 Å². The summed E-state index contributed by atoms with van der Waals surface area (Å²) in [4.78, 5) is 4.57. The van der Waals surface area contributed by atoms with E-state index >= 15 is 0 Å². The Morgan fingerprint density at radius 1 is 1.48 bits per heavy atom. The van der Waals surface area contributed by atoms with Crippen LogP contribution in [-0.2, 0) is 4.74 Å². The first-order valence-corrected chi connectivity index (χ1v) is 8.99. The molecule has 1 aromatic rings. The zero-order valence-electron chi connectivity index (χ0n) is 12.7. The first-order chi connectivity index (χ1) is 10.2. The third-order valence-corrected chi connectivity index (χ3v) is 5.92. The molecule has 116 valence electrons. The van der Waals surface area contributed by atoms with Crippen LogP contribution >= 0.6 is 11.8 Å². The Kier molecular flexibility index (Phi) is 4.84. The third-order valence-electron chi connectivity index (χ3n) is 4.93. The fraction of sp³-hybridized carbons (Fsp3) is 0.688. The van der Waals surface area contributed by atoms with Crippen LogP contribution in [0.25, 0.3) is 0 Å². The Morgan fingerprint density at radius 2 is 2.29 bits per heavy atom. The number of hydrogen-bond donors (Lipinski definition) is 2. The lowest BCUT2D eigenvalue weighted by molar-refractivity contribution is -0.107. The normalized spacial score (nSPS) is 26.7. The van der Waals surface area contributed by atoms with E-state index in [4.69, 9.17) is 10.6 Å². The van der Waals surface area contributed by atoms with E-state index in [0.29, 0.717) is 5.92 Å². The van der Waals surface area contributed by atoms with Crippen molar-refractivity contribution in [2.45, 2.75) is 44.2 Å². The number of hydrazine groups is 1. The summed E-state index contributed by atoms with van der Waals surface area (Å²) < 4.78 is 6.20. The van der Waals surface area contributed by atoms with Crippen molar-refractivity contribution in [3.63, 3.8) is 0 Å². The Morgan fingerprint density at radius 3 is 3.00 bits per heavy atom. The number of aromatic nitrogens is 1. The van der Waals surface area contributed by atoms with Crippen LogP contribution in [0.5, 0.6) is 0 Å². The summed E-state index contributed by atoms with van der Waals surface area (Å²) >= 11 is 2.04. The van der Waals surface area contributed by atoms with Crippen molar-refractivity contribution < 1.29 is 4.74 Å². The Balaban J connectivity index is 1.79. The fourth-order valence-corrected chi connectivity index (χ4v) is 4.94. The van der Waals surface area contributed by atoms with Gasteiger partial charge in [0.25, 0.3) is 0 Å². The molecule has 2 atom stereocenters. The molecule has 1 aromatic heterocycles. The second-order valence-corrected chi connectivity index (χ2v) is 7.47. The summed E-state index contributed by atoms with van der Waals surface area (Å²) in [6, 6.07) is 4.22. The third kappa shape index (κ3) is 3.26. The van der Waals surface area contributed by atoms with Gasteiger partial charge in [-0.2, -0.15) is 11.8 Å². The highest BCUT2D eigenvalue weighted by atomic mass is 32.2. The molecule has 1 spiro atoms. The van der Waals surface area contributed by atoms with Crippen molar-refractivity contribution in [1.29, 1.82) is 0 Å². The van der Waals surface area contributed by atoms with E-state index in [2.05, 4.69) is 23.4 Å². The molecule has 21 heavy (non-hydrogen) atoms. The topological polar surface area (TPSA) is 60.2 Å². The standard InChI is InChI=1S/C16H25N3OS/c1-12-3-2-7-18-14(12)15(19-17)13-4-8-20-16(11-13)5-9-21-10-6-16/h2-3,7,13,15,19H,4-6,8-11,17H2,1H3. The van der Waals surface area contributed by atoms with Crippen molar-refractivity contribution in [2.75, 3.05) is 18.1 Å². The van der Waals surface area contributed by atoms with Crippen molar-refractivity contribution in [3.05, 3.63) is 29.6 Å². The number of nitrogens with two attached hydrogens (primary N) is 1. The van der Waals surface area contributed by atoms with Crippen molar-refractivity contribution >= 4 is 11.8 Å². The molecule has 5 heteroatoms. The summed E-state index contributed by atoms with van der Waals surface area (Å²) in [6.07, 6.45) is 6.36. The molecule has 2 aliphatic heterocycles. The molecule has 0 saturated carbocycles. The molecule has 4 nitrogen and oxygen atoms in total. The van der Waals surface area contributed by atoms with Gasteiger partial charge in [0, 0.05) is 12.8 Å². The van der Waals surface area contributed by atoms with Gasteiger partial charge in [-0.3, -0.25) is 16.3 Å². The van der Waals surface area contributed by atoms with Crippen LogP contribution in [0.4, 0.5) is 0 Å². The van der Waals surface area contributed by atoms with Crippen LogP contribution in [-0.4, -0.2) is 28.7 Å². The summed E-state index contributed by atoms with van der Waals surface area (Å²) in [6.45, 7) is 2.96. The van der Waals surface area contributed by atoms with Crippen LogP contribution in [0.2, 0.25) is 0 Å². The molecule has 2 fully saturated rings. The number of aryl methyl sites for hydroxylation is 1. The van der Waals surface area contributed by atoms with E-state index in [1.165, 1.54) is 29.9 Å². The molecule has 3 rings (SSSR count). The lowest BCUT2D eigenvalue weighted by Gasteiger charge is -2.45. The number of thioether (sulfide) groups is 1. The van der Waals surface area contributed by atoms with Gasteiger partial charge in [0.15, 0.2) is 0 Å². The zero-order valence-corrected chi connectivity index (χ0v) is 13.5. The highest BCUT2D eigenvalue weighted by molar-refractivity contribution is 7.99.